The minimum atomic E-state index is -4.80. The molecule has 2 fully saturated rings. The smallest absolute Gasteiger partial charge is 0.417 e. The Balaban J connectivity index is 0.829. The monoisotopic (exact) mass is 991 g/mol. The van der Waals surface area contributed by atoms with Crippen molar-refractivity contribution in [3.05, 3.63) is 94.6 Å². The van der Waals surface area contributed by atoms with Crippen molar-refractivity contribution in [2.45, 2.75) is 90.7 Å². The Kier molecular flexibility index (Phi) is 17.2. The third-order valence-electron chi connectivity index (χ3n) is 11.8. The topological polar surface area (TPSA) is 187 Å². The van der Waals surface area contributed by atoms with Gasteiger partial charge in [0, 0.05) is 51.6 Å². The Bertz CT molecular complexity index is 2530. The maximum atomic E-state index is 13.7. The number of nitrogens with one attached hydrogen (secondary N) is 2. The van der Waals surface area contributed by atoms with E-state index in [9.17, 15) is 42.7 Å². The van der Waals surface area contributed by atoms with E-state index in [0.717, 1.165) is 45.2 Å². The summed E-state index contributed by atoms with van der Waals surface area (Å²) in [5.74, 6) is -1.06. The lowest BCUT2D eigenvalue weighted by Crippen LogP contribution is -2.52. The van der Waals surface area contributed by atoms with Gasteiger partial charge < -0.3 is 39.8 Å². The third-order valence-corrected chi connectivity index (χ3v) is 13.1. The van der Waals surface area contributed by atoms with E-state index in [1.165, 1.54) is 11.0 Å². The lowest BCUT2D eigenvalue weighted by atomic mass is 9.91. The number of hydrogen-bond donors (Lipinski definition) is 3. The molecule has 0 spiro atoms. The number of aromatic nitrogens is 1. The maximum Gasteiger partial charge on any atom is 0.417 e. The number of alkyl halides is 3. The number of aliphatic hydroxyl groups is 1. The standard InChI is InChI=1S/C49H56F3N7O8S2/c1-31-42(69-30-56-31)33-11-9-32(10-12-33)26-54-43(62)40-24-37(60)27-57(40)44(63)47(2,3)29-55-41(61)28-66-21-8-20-65-19-6-7-22-67-38-17-15-35(16-18-38)59-46(68)58(45(64)48(59,4)5)36-14-13-34(25-53)39(23-36)49(50,51)52/h9-18,23,30,37,40,60H,6-8,19-22,24,26-29H2,1-5H3,(H,54,62)(H,55,61)/t37-,40+/m1/s1. The van der Waals surface area contributed by atoms with E-state index in [4.69, 9.17) is 26.4 Å². The van der Waals surface area contributed by atoms with Crippen molar-refractivity contribution < 1.29 is 51.7 Å². The van der Waals surface area contributed by atoms with E-state index >= 15 is 0 Å². The fourth-order valence-corrected chi connectivity index (χ4v) is 9.29. The Hall–Kier alpha value is -5.98. The maximum absolute atomic E-state index is 13.7. The molecule has 3 N–H and O–H groups in total. The molecule has 6 rings (SSSR count). The largest absolute Gasteiger partial charge is 0.494 e. The number of carbonyl (C=O) groups excluding carboxylic acids is 4. The van der Waals surface area contributed by atoms with E-state index in [1.54, 1.807) is 79.8 Å². The summed E-state index contributed by atoms with van der Waals surface area (Å²) in [4.78, 5) is 62.4. The summed E-state index contributed by atoms with van der Waals surface area (Å²) in [7, 11) is 0. The van der Waals surface area contributed by atoms with Gasteiger partial charge in [-0.05, 0) is 120 Å². The zero-order valence-corrected chi connectivity index (χ0v) is 40.7. The fraction of sp³-hybridized carbons (Fsp3) is 0.449. The summed E-state index contributed by atoms with van der Waals surface area (Å²) in [5, 5.41) is 25.3. The van der Waals surface area contributed by atoms with Gasteiger partial charge in [0.1, 0.15) is 23.9 Å². The van der Waals surface area contributed by atoms with Crippen LogP contribution in [-0.4, -0.2) is 108 Å². The molecular formula is C49H56F3N7O8S2. The van der Waals surface area contributed by atoms with Crippen LogP contribution >= 0.6 is 23.6 Å². The van der Waals surface area contributed by atoms with Crippen molar-refractivity contribution in [2.75, 3.05) is 55.9 Å². The number of carbonyl (C=O) groups is 4. The van der Waals surface area contributed by atoms with Crippen molar-refractivity contribution in [3.63, 3.8) is 0 Å². The van der Waals surface area contributed by atoms with E-state index in [2.05, 4.69) is 15.6 Å². The second-order valence-corrected chi connectivity index (χ2v) is 19.1. The summed E-state index contributed by atoms with van der Waals surface area (Å²) in [6.45, 7) is 10.3. The van der Waals surface area contributed by atoms with E-state index in [1.807, 2.05) is 31.2 Å². The van der Waals surface area contributed by atoms with Gasteiger partial charge in [0.25, 0.3) is 5.91 Å². The van der Waals surface area contributed by atoms with Gasteiger partial charge in [0.15, 0.2) is 5.11 Å². The number of β-amino-alcohol motifs (C(OH)–C–C–N with tert-alkyl or cyclic N) is 1. The molecule has 4 amide bonds. The van der Waals surface area contributed by atoms with Crippen molar-refractivity contribution in [1.82, 2.24) is 20.5 Å². The number of nitriles is 1. The molecule has 3 aromatic carbocycles. The van der Waals surface area contributed by atoms with Gasteiger partial charge in [0.2, 0.25) is 17.7 Å². The number of likely N-dealkylation sites (tertiary alicyclic amines) is 1. The summed E-state index contributed by atoms with van der Waals surface area (Å²) < 4.78 is 58.1. The van der Waals surface area contributed by atoms with Crippen LogP contribution in [0.1, 0.15) is 75.8 Å². The molecule has 0 saturated carbocycles. The quantitative estimate of drug-likeness (QED) is 0.0579. The van der Waals surface area contributed by atoms with Crippen LogP contribution in [0.25, 0.3) is 10.4 Å². The highest BCUT2D eigenvalue weighted by Crippen LogP contribution is 2.40. The normalized spacial score (nSPS) is 17.0. The Morgan fingerprint density at radius 3 is 2.29 bits per heavy atom. The van der Waals surface area contributed by atoms with Gasteiger partial charge in [-0.3, -0.25) is 24.1 Å². The Morgan fingerprint density at radius 1 is 0.957 bits per heavy atom. The van der Waals surface area contributed by atoms with Gasteiger partial charge in [-0.15, -0.1) is 11.3 Å². The molecule has 69 heavy (non-hydrogen) atoms. The molecule has 3 heterocycles. The number of rotatable bonds is 21. The highest BCUT2D eigenvalue weighted by molar-refractivity contribution is 7.81. The van der Waals surface area contributed by atoms with Crippen LogP contribution in [0.3, 0.4) is 0 Å². The number of benzene rings is 3. The molecule has 4 aromatic rings. The average Bonchev–Trinajstić information content (AvgIpc) is 3.98. The number of hydrogen-bond acceptors (Lipinski definition) is 12. The summed E-state index contributed by atoms with van der Waals surface area (Å²) in [5.41, 5.74) is 1.15. The van der Waals surface area contributed by atoms with Crippen molar-refractivity contribution >= 4 is 63.7 Å². The number of anilines is 2. The second-order valence-electron chi connectivity index (χ2n) is 17.9. The Morgan fingerprint density at radius 2 is 1.62 bits per heavy atom. The first-order valence-corrected chi connectivity index (χ1v) is 23.7. The zero-order chi connectivity index (χ0) is 50.1. The van der Waals surface area contributed by atoms with E-state index < -0.39 is 52.2 Å². The molecule has 0 aliphatic carbocycles. The lowest BCUT2D eigenvalue weighted by Gasteiger charge is -2.32. The van der Waals surface area contributed by atoms with Crippen molar-refractivity contribution in [1.29, 1.82) is 5.26 Å². The molecule has 15 nitrogen and oxygen atoms in total. The highest BCUT2D eigenvalue weighted by atomic mass is 32.1. The second kappa shape index (κ2) is 22.6. The number of halogens is 3. The molecule has 1 aromatic heterocycles. The SMILES string of the molecule is Cc1ncsc1-c1ccc(CNC(=O)[C@@H]2C[C@@H](O)CN2C(=O)C(C)(C)CNC(=O)COCCCOCCCCOc2ccc(N3C(=S)N(c4ccc(C#N)c(C(F)(F)F)c4)C(=O)C3(C)C)cc2)cc1. The molecule has 2 saturated heterocycles. The van der Waals surface area contributed by atoms with Gasteiger partial charge >= 0.3 is 6.18 Å². The first-order chi connectivity index (χ1) is 32.7. The van der Waals surface area contributed by atoms with Gasteiger partial charge in [0.05, 0.1) is 57.1 Å². The van der Waals surface area contributed by atoms with Gasteiger partial charge in [-0.25, -0.2) is 4.98 Å². The molecule has 20 heteroatoms. The summed E-state index contributed by atoms with van der Waals surface area (Å²) in [6, 6.07) is 18.4. The number of thiazole rings is 1. The van der Waals surface area contributed by atoms with Gasteiger partial charge in [-0.1, -0.05) is 24.3 Å². The number of nitrogens with zero attached hydrogens (tertiary/aromatic N) is 5. The van der Waals surface area contributed by atoms with Crippen LogP contribution in [0.5, 0.6) is 5.75 Å². The third kappa shape index (κ3) is 12.8. The molecule has 2 aliphatic rings. The average molecular weight is 992 g/mol. The summed E-state index contributed by atoms with van der Waals surface area (Å²) in [6.07, 6.45) is -3.55. The molecule has 2 aliphatic heterocycles. The molecule has 368 valence electrons. The number of aliphatic hydroxyl groups excluding tert-OH is 1. The molecule has 2 atom stereocenters. The van der Waals surface area contributed by atoms with Crippen LogP contribution < -0.4 is 25.2 Å². The van der Waals surface area contributed by atoms with E-state index in [-0.39, 0.29) is 61.9 Å². The molecule has 0 bridgehead atoms. The predicted octanol–water partition coefficient (Wildman–Crippen LogP) is 6.93. The number of aryl methyl sites for hydroxylation is 1. The molecule has 0 unspecified atom stereocenters. The van der Waals surface area contributed by atoms with Crippen LogP contribution in [0, 0.1) is 23.7 Å². The van der Waals surface area contributed by atoms with Gasteiger partial charge in [-0.2, -0.15) is 18.4 Å². The summed E-state index contributed by atoms with van der Waals surface area (Å²) >= 11 is 7.18. The van der Waals surface area contributed by atoms with Crippen LogP contribution in [0.4, 0.5) is 24.5 Å². The predicted molar refractivity (Wildman–Crippen MR) is 257 cm³/mol. The zero-order valence-electron chi connectivity index (χ0n) is 39.1. The number of unbranched alkanes of at least 4 members (excludes halogenated alkanes) is 1. The van der Waals surface area contributed by atoms with Crippen LogP contribution in [0.2, 0.25) is 0 Å². The lowest BCUT2D eigenvalue weighted by molar-refractivity contribution is -0.145. The fourth-order valence-electron chi connectivity index (χ4n) is 7.96. The van der Waals surface area contributed by atoms with Crippen LogP contribution in [-0.2, 0) is 41.4 Å². The highest BCUT2D eigenvalue weighted by Gasteiger charge is 2.51. The Labute approximate surface area is 408 Å². The minimum absolute atomic E-state index is 0.00424. The van der Waals surface area contributed by atoms with Crippen molar-refractivity contribution in [2.24, 2.45) is 5.41 Å². The first kappa shape index (κ1) is 52.4. The van der Waals surface area contributed by atoms with Crippen LogP contribution in [0.15, 0.2) is 72.2 Å². The first-order valence-electron chi connectivity index (χ1n) is 22.4. The van der Waals surface area contributed by atoms with Crippen molar-refractivity contribution in [3.8, 4) is 22.3 Å². The molecule has 0 radical (unpaired) electrons. The van der Waals surface area contributed by atoms with E-state index in [0.29, 0.717) is 44.1 Å². The molecular weight excluding hydrogens is 936 g/mol. The minimum Gasteiger partial charge on any atom is -0.494 e. The number of amides is 4. The number of ether oxygens (including phenoxy) is 3. The number of thiocarbonyl (C=S) groups is 1.